The molecule has 2 aromatic rings. The molecule has 1 aromatic heterocycles. The smallest absolute Gasteiger partial charge is 0.417 e. The Labute approximate surface area is 104 Å². The summed E-state index contributed by atoms with van der Waals surface area (Å²) in [4.78, 5) is 4.00. The molecule has 1 aromatic carbocycles. The molecule has 2 rings (SSSR count). The Kier molecular flexibility index (Phi) is 2.99. The molecular weight excluding hydrogens is 299 g/mol. The van der Waals surface area contributed by atoms with Crippen LogP contribution in [0.4, 0.5) is 13.2 Å². The van der Waals surface area contributed by atoms with E-state index in [4.69, 9.17) is 4.74 Å². The summed E-state index contributed by atoms with van der Waals surface area (Å²) in [5.74, 6) is 0.469. The largest absolute Gasteiger partial charge is 0.497 e. The van der Waals surface area contributed by atoms with Gasteiger partial charge in [0, 0.05) is 11.5 Å². The average molecular weight is 306 g/mol. The Morgan fingerprint density at radius 3 is 2.53 bits per heavy atom. The van der Waals surface area contributed by atoms with Crippen molar-refractivity contribution in [3.63, 3.8) is 0 Å². The van der Waals surface area contributed by atoms with Crippen molar-refractivity contribution in [1.29, 1.82) is 0 Å². The monoisotopic (exact) mass is 305 g/mol. The number of pyridine rings is 1. The van der Waals surface area contributed by atoms with E-state index in [0.717, 1.165) is 6.07 Å². The average Bonchev–Trinajstić information content (AvgIpc) is 2.25. The highest BCUT2D eigenvalue weighted by Gasteiger charge is 2.33. The molecule has 0 saturated heterocycles. The predicted octanol–water partition coefficient (Wildman–Crippen LogP) is 4.02. The first-order valence-corrected chi connectivity index (χ1v) is 5.42. The molecule has 0 radical (unpaired) electrons. The molecule has 0 atom stereocenters. The third-order valence-corrected chi connectivity index (χ3v) is 2.70. The second-order valence-electron chi connectivity index (χ2n) is 3.37. The quantitative estimate of drug-likeness (QED) is 0.742. The number of aromatic nitrogens is 1. The lowest BCUT2D eigenvalue weighted by molar-refractivity contribution is -0.136. The fourth-order valence-electron chi connectivity index (χ4n) is 1.54. The number of alkyl halides is 3. The van der Waals surface area contributed by atoms with Crippen molar-refractivity contribution in [1.82, 2.24) is 4.98 Å². The number of benzene rings is 1. The fourth-order valence-corrected chi connectivity index (χ4v) is 1.96. The lowest BCUT2D eigenvalue weighted by Crippen LogP contribution is -2.06. The SMILES string of the molecule is COc1ccc2c(C(F)(F)F)cc(Br)nc2c1. The highest BCUT2D eigenvalue weighted by atomic mass is 79.9. The van der Waals surface area contributed by atoms with E-state index >= 15 is 0 Å². The van der Waals surface area contributed by atoms with Gasteiger partial charge in [-0.2, -0.15) is 13.2 Å². The van der Waals surface area contributed by atoms with Gasteiger partial charge in [-0.25, -0.2) is 4.98 Å². The Hall–Kier alpha value is -1.30. The summed E-state index contributed by atoms with van der Waals surface area (Å²) in [7, 11) is 1.45. The number of halogens is 4. The second-order valence-corrected chi connectivity index (χ2v) is 4.19. The van der Waals surface area contributed by atoms with Crippen molar-refractivity contribution in [3.05, 3.63) is 34.4 Å². The van der Waals surface area contributed by atoms with Gasteiger partial charge in [0.05, 0.1) is 18.2 Å². The molecule has 0 aliphatic rings. The van der Waals surface area contributed by atoms with E-state index in [1.807, 2.05) is 0 Å². The topological polar surface area (TPSA) is 22.1 Å². The maximum absolute atomic E-state index is 12.8. The summed E-state index contributed by atoms with van der Waals surface area (Å²) < 4.78 is 43.5. The summed E-state index contributed by atoms with van der Waals surface area (Å²) in [6.45, 7) is 0. The summed E-state index contributed by atoms with van der Waals surface area (Å²) in [6, 6.07) is 5.27. The molecule has 0 unspecified atom stereocenters. The van der Waals surface area contributed by atoms with Crippen molar-refractivity contribution in [2.45, 2.75) is 6.18 Å². The number of ether oxygens (including phenoxy) is 1. The molecule has 0 aliphatic carbocycles. The molecule has 0 aliphatic heterocycles. The molecule has 0 saturated carbocycles. The van der Waals surface area contributed by atoms with E-state index in [-0.39, 0.29) is 15.5 Å². The van der Waals surface area contributed by atoms with Crippen LogP contribution in [0.5, 0.6) is 5.75 Å². The normalized spacial score (nSPS) is 11.8. The van der Waals surface area contributed by atoms with Crippen molar-refractivity contribution >= 4 is 26.8 Å². The van der Waals surface area contributed by atoms with Crippen molar-refractivity contribution < 1.29 is 17.9 Å². The van der Waals surface area contributed by atoms with Crippen LogP contribution < -0.4 is 4.74 Å². The first-order chi connectivity index (χ1) is 7.91. The van der Waals surface area contributed by atoms with E-state index in [1.165, 1.54) is 25.3 Å². The maximum atomic E-state index is 12.8. The molecule has 90 valence electrons. The van der Waals surface area contributed by atoms with Gasteiger partial charge in [-0.3, -0.25) is 0 Å². The van der Waals surface area contributed by atoms with Crippen LogP contribution >= 0.6 is 15.9 Å². The van der Waals surface area contributed by atoms with Gasteiger partial charge in [0.1, 0.15) is 10.4 Å². The first kappa shape index (κ1) is 12.2. The number of nitrogens with zero attached hydrogens (tertiary/aromatic N) is 1. The molecule has 17 heavy (non-hydrogen) atoms. The Morgan fingerprint density at radius 1 is 1.24 bits per heavy atom. The van der Waals surface area contributed by atoms with Crippen molar-refractivity contribution in [3.8, 4) is 5.75 Å². The molecule has 6 heteroatoms. The molecule has 0 fully saturated rings. The minimum absolute atomic E-state index is 0.0569. The lowest BCUT2D eigenvalue weighted by atomic mass is 10.1. The summed E-state index contributed by atoms with van der Waals surface area (Å²) in [5, 5.41) is 0.0569. The van der Waals surface area contributed by atoms with E-state index < -0.39 is 11.7 Å². The molecule has 0 N–H and O–H groups in total. The molecule has 2 nitrogen and oxygen atoms in total. The van der Waals surface area contributed by atoms with Crippen LogP contribution in [-0.2, 0) is 6.18 Å². The number of hydrogen-bond acceptors (Lipinski definition) is 2. The zero-order valence-electron chi connectivity index (χ0n) is 8.68. The maximum Gasteiger partial charge on any atom is 0.417 e. The van der Waals surface area contributed by atoms with E-state index in [0.29, 0.717) is 5.75 Å². The number of rotatable bonds is 1. The standard InChI is InChI=1S/C11H7BrF3NO/c1-17-6-2-3-7-8(11(13,14)15)5-10(12)16-9(7)4-6/h2-5H,1H3. The number of fused-ring (bicyclic) bond motifs is 1. The van der Waals surface area contributed by atoms with Crippen LogP contribution in [0.2, 0.25) is 0 Å². The predicted molar refractivity (Wildman–Crippen MR) is 61.0 cm³/mol. The molecular formula is C11H7BrF3NO. The fraction of sp³-hybridized carbons (Fsp3) is 0.182. The van der Waals surface area contributed by atoms with Crippen LogP contribution in [0.15, 0.2) is 28.9 Å². The van der Waals surface area contributed by atoms with Crippen LogP contribution in [0.3, 0.4) is 0 Å². The Balaban J connectivity index is 2.77. The van der Waals surface area contributed by atoms with Gasteiger partial charge in [0.2, 0.25) is 0 Å². The lowest BCUT2D eigenvalue weighted by Gasteiger charge is -2.11. The van der Waals surface area contributed by atoms with Gasteiger partial charge in [-0.05, 0) is 34.1 Å². The third-order valence-electron chi connectivity index (χ3n) is 2.29. The van der Waals surface area contributed by atoms with Gasteiger partial charge in [-0.15, -0.1) is 0 Å². The minimum Gasteiger partial charge on any atom is -0.497 e. The Morgan fingerprint density at radius 2 is 1.94 bits per heavy atom. The first-order valence-electron chi connectivity index (χ1n) is 4.63. The van der Waals surface area contributed by atoms with E-state index in [2.05, 4.69) is 20.9 Å². The van der Waals surface area contributed by atoms with Gasteiger partial charge >= 0.3 is 6.18 Å². The van der Waals surface area contributed by atoms with Gasteiger partial charge in [0.15, 0.2) is 0 Å². The molecule has 0 spiro atoms. The number of hydrogen-bond donors (Lipinski definition) is 0. The van der Waals surface area contributed by atoms with E-state index in [1.54, 1.807) is 0 Å². The molecule has 0 bridgehead atoms. The molecule has 1 heterocycles. The van der Waals surface area contributed by atoms with Crippen LogP contribution in [0.25, 0.3) is 10.9 Å². The van der Waals surface area contributed by atoms with Crippen LogP contribution in [-0.4, -0.2) is 12.1 Å². The minimum atomic E-state index is -4.40. The van der Waals surface area contributed by atoms with Crippen LogP contribution in [0.1, 0.15) is 5.56 Å². The third kappa shape index (κ3) is 2.36. The second kappa shape index (κ2) is 4.18. The summed E-state index contributed by atoms with van der Waals surface area (Å²) in [6.07, 6.45) is -4.40. The van der Waals surface area contributed by atoms with Crippen molar-refractivity contribution in [2.75, 3.05) is 7.11 Å². The van der Waals surface area contributed by atoms with Crippen LogP contribution in [0, 0.1) is 0 Å². The van der Waals surface area contributed by atoms with Crippen molar-refractivity contribution in [2.24, 2.45) is 0 Å². The number of methoxy groups -OCH3 is 1. The highest BCUT2D eigenvalue weighted by molar-refractivity contribution is 9.10. The zero-order valence-corrected chi connectivity index (χ0v) is 10.3. The van der Waals surface area contributed by atoms with E-state index in [9.17, 15) is 13.2 Å². The molecule has 0 amide bonds. The summed E-state index contributed by atoms with van der Waals surface area (Å²) in [5.41, 5.74) is -0.469. The van der Waals surface area contributed by atoms with Gasteiger partial charge < -0.3 is 4.74 Å². The zero-order chi connectivity index (χ0) is 12.6. The highest BCUT2D eigenvalue weighted by Crippen LogP contribution is 2.36. The summed E-state index contributed by atoms with van der Waals surface area (Å²) >= 11 is 2.97. The Bertz CT molecular complexity index is 568. The van der Waals surface area contributed by atoms with Gasteiger partial charge in [0.25, 0.3) is 0 Å². The van der Waals surface area contributed by atoms with Gasteiger partial charge in [-0.1, -0.05) is 0 Å².